The molecule has 0 aliphatic carbocycles. The van der Waals surface area contributed by atoms with E-state index >= 15 is 0 Å². The summed E-state index contributed by atoms with van der Waals surface area (Å²) in [7, 11) is -5.36. The fourth-order valence-electron chi connectivity index (χ4n) is 14.9. The quantitative estimate of drug-likeness (QED) is 0.0152. The van der Waals surface area contributed by atoms with Crippen molar-refractivity contribution < 1.29 is 74.7 Å². The number of carbonyl (C=O) groups is 6. The van der Waals surface area contributed by atoms with Crippen LogP contribution in [0.5, 0.6) is 0 Å². The second-order valence-corrected chi connectivity index (χ2v) is 32.4. The Labute approximate surface area is 670 Å². The number of aliphatic hydroxyl groups excluding tert-OH is 1. The fraction of sp³-hybridized carbons (Fsp3) is 0.736. The number of nitrogens with one attached hydrogen (secondary N) is 3. The highest BCUT2D eigenvalue weighted by Crippen LogP contribution is 2.29. The van der Waals surface area contributed by atoms with E-state index in [9.17, 15) is 46.8 Å². The van der Waals surface area contributed by atoms with Gasteiger partial charge in [-0.05, 0) is 113 Å². The normalized spacial score (nSPS) is 16.5. The maximum Gasteiger partial charge on any atom is 0.397 e. The van der Waals surface area contributed by atoms with Gasteiger partial charge in [-0.3, -0.25) is 33.3 Å². The number of hydrogen-bond donors (Lipinski definition) is 5. The van der Waals surface area contributed by atoms with Crippen molar-refractivity contribution in [3.63, 3.8) is 0 Å². The Morgan fingerprint density at radius 3 is 1.02 bits per heavy atom. The van der Waals surface area contributed by atoms with Crippen molar-refractivity contribution in [2.24, 2.45) is 0 Å². The standard InChI is InChI=1S/C91H149N3O16S/c1-4-7-10-13-16-19-22-31-49-64-79(107-86(100)67-52-34-25-28-40-55-76-59-44-37-45-60-76)72-83(97)93-88-89(94-84(98)73-80(65-50-32-23-20-17-14-11-8-5-2)108-87(101)68-53-35-26-29-41-56-77-61-46-38-47-62-77)91(109-81(74-95)90(88)110-111(102,103)104)105-70-69-92-82(96)71-78(63-48-30-21-18-15-12-9-6-3)106-85(99)66-51-33-24-27-39-54-75-57-42-36-43-58-75/h36-38,42-47,57-62,78-81,88-91,95H,4-35,39-41,48-56,63-74H2,1-3H3,(H,92,96)(H,93,97)(H,94,98)(H,102,103,104)/t78-,79-,80-,81?,88?,89?,90-,91-/m1/s1. The molecule has 3 aromatic rings. The van der Waals surface area contributed by atoms with Crippen LogP contribution in [0.2, 0.25) is 0 Å². The Morgan fingerprint density at radius 1 is 0.396 bits per heavy atom. The number of rotatable bonds is 71. The molecule has 1 fully saturated rings. The van der Waals surface area contributed by atoms with Gasteiger partial charge in [0.2, 0.25) is 17.7 Å². The van der Waals surface area contributed by atoms with Crippen molar-refractivity contribution in [3.8, 4) is 0 Å². The molecule has 3 aromatic carbocycles. The first-order valence-electron chi connectivity index (χ1n) is 44.2. The first-order chi connectivity index (χ1) is 54.1. The van der Waals surface area contributed by atoms with Crippen molar-refractivity contribution >= 4 is 46.0 Å². The summed E-state index contributed by atoms with van der Waals surface area (Å²) in [6, 6.07) is 28.0. The molecular formula is C91H149N3O16S. The summed E-state index contributed by atoms with van der Waals surface area (Å²) in [6.07, 6.45) is 37.6. The van der Waals surface area contributed by atoms with Gasteiger partial charge >= 0.3 is 28.3 Å². The molecule has 1 aliphatic rings. The lowest BCUT2D eigenvalue weighted by Gasteiger charge is -2.45. The molecule has 0 bridgehead atoms. The van der Waals surface area contributed by atoms with Gasteiger partial charge in [0, 0.05) is 25.8 Å². The van der Waals surface area contributed by atoms with Crippen LogP contribution < -0.4 is 16.0 Å². The summed E-state index contributed by atoms with van der Waals surface area (Å²) < 4.78 is 72.5. The van der Waals surface area contributed by atoms with E-state index in [0.717, 1.165) is 193 Å². The molecule has 19 nitrogen and oxygen atoms in total. The van der Waals surface area contributed by atoms with Crippen LogP contribution in [-0.4, -0.2) is 122 Å². The molecule has 1 saturated heterocycles. The molecule has 0 spiro atoms. The molecule has 1 aliphatic heterocycles. The maximum atomic E-state index is 14.9. The molecule has 0 saturated carbocycles. The molecule has 8 atom stereocenters. The zero-order chi connectivity index (χ0) is 79.9. The van der Waals surface area contributed by atoms with Gasteiger partial charge in [-0.15, -0.1) is 0 Å². The topological polar surface area (TPSA) is 268 Å². The van der Waals surface area contributed by atoms with E-state index in [0.29, 0.717) is 51.4 Å². The van der Waals surface area contributed by atoms with Crippen molar-refractivity contribution in [2.75, 3.05) is 19.8 Å². The van der Waals surface area contributed by atoms with Gasteiger partial charge in [0.25, 0.3) is 0 Å². The Morgan fingerprint density at radius 2 is 0.694 bits per heavy atom. The number of esters is 3. The van der Waals surface area contributed by atoms with Crippen LogP contribution in [0, 0.1) is 0 Å². The molecule has 4 rings (SSSR count). The van der Waals surface area contributed by atoms with Crippen LogP contribution in [0.3, 0.4) is 0 Å². The molecule has 5 N–H and O–H groups in total. The minimum atomic E-state index is -5.36. The zero-order valence-electron chi connectivity index (χ0n) is 68.9. The number of ether oxygens (including phenoxy) is 5. The molecule has 0 aromatic heterocycles. The Balaban J connectivity index is 1.58. The minimum Gasteiger partial charge on any atom is -0.462 e. The molecule has 1 heterocycles. The van der Waals surface area contributed by atoms with Crippen molar-refractivity contribution in [2.45, 2.75) is 410 Å². The van der Waals surface area contributed by atoms with Gasteiger partial charge in [0.1, 0.15) is 36.6 Å². The van der Waals surface area contributed by atoms with E-state index in [1.54, 1.807) is 0 Å². The number of hydrogen-bond acceptors (Lipinski definition) is 15. The predicted molar refractivity (Wildman–Crippen MR) is 443 cm³/mol. The first kappa shape index (κ1) is 97.6. The zero-order valence-corrected chi connectivity index (χ0v) is 69.7. The number of unbranched alkanes of at least 4 members (excludes halogenated alkanes) is 35. The average Bonchev–Trinajstić information content (AvgIpc) is 0.780. The van der Waals surface area contributed by atoms with Gasteiger partial charge in [-0.1, -0.05) is 317 Å². The van der Waals surface area contributed by atoms with Crippen molar-refractivity contribution in [1.29, 1.82) is 0 Å². The highest BCUT2D eigenvalue weighted by molar-refractivity contribution is 7.80. The molecule has 3 unspecified atom stereocenters. The number of benzene rings is 3. The smallest absolute Gasteiger partial charge is 0.397 e. The van der Waals surface area contributed by atoms with Gasteiger partial charge in [0.05, 0.1) is 38.5 Å². The number of aliphatic hydroxyl groups is 1. The van der Waals surface area contributed by atoms with Gasteiger partial charge in [-0.25, -0.2) is 4.18 Å². The summed E-state index contributed by atoms with van der Waals surface area (Å²) in [5.41, 5.74) is 3.90. The lowest BCUT2D eigenvalue weighted by Crippen LogP contribution is -2.70. The monoisotopic (exact) mass is 1570 g/mol. The van der Waals surface area contributed by atoms with E-state index in [1.807, 2.05) is 42.5 Å². The molecule has 3 amide bonds. The second-order valence-electron chi connectivity index (χ2n) is 31.3. The second kappa shape index (κ2) is 64.5. The molecule has 20 heteroatoms. The largest absolute Gasteiger partial charge is 0.462 e. The van der Waals surface area contributed by atoms with Crippen LogP contribution in [0.15, 0.2) is 91.0 Å². The first-order valence-corrected chi connectivity index (χ1v) is 45.5. The molecular weight excluding hydrogens is 1420 g/mol. The van der Waals surface area contributed by atoms with Crippen LogP contribution in [-0.2, 0) is 86.3 Å². The Hall–Kier alpha value is -5.77. The summed E-state index contributed by atoms with van der Waals surface area (Å²) in [4.78, 5) is 84.6. The minimum absolute atomic E-state index is 0.0966. The number of aryl methyl sites for hydroxylation is 3. The molecule has 630 valence electrons. The highest BCUT2D eigenvalue weighted by atomic mass is 32.3. The summed E-state index contributed by atoms with van der Waals surface area (Å²) in [6.45, 7) is 5.29. The lowest BCUT2D eigenvalue weighted by molar-refractivity contribution is -0.245. The van der Waals surface area contributed by atoms with Crippen LogP contribution in [0.25, 0.3) is 0 Å². The molecule has 0 radical (unpaired) electrons. The summed E-state index contributed by atoms with van der Waals surface area (Å²) >= 11 is 0. The van der Waals surface area contributed by atoms with Gasteiger partial charge in [-0.2, -0.15) is 8.42 Å². The Kier molecular flexibility index (Phi) is 56.7. The third-order valence-corrected chi connectivity index (χ3v) is 21.8. The average molecular weight is 1570 g/mol. The number of carbonyl (C=O) groups excluding carboxylic acids is 6. The van der Waals surface area contributed by atoms with Gasteiger partial charge < -0.3 is 44.7 Å². The van der Waals surface area contributed by atoms with Crippen molar-refractivity contribution in [1.82, 2.24) is 16.0 Å². The van der Waals surface area contributed by atoms with E-state index in [2.05, 4.69) is 85.3 Å². The number of amides is 3. The summed E-state index contributed by atoms with van der Waals surface area (Å²) in [5, 5.41) is 19.7. The predicted octanol–water partition coefficient (Wildman–Crippen LogP) is 20.0. The van der Waals surface area contributed by atoms with Crippen LogP contribution in [0.4, 0.5) is 0 Å². The Bertz CT molecular complexity index is 2950. The van der Waals surface area contributed by atoms with Crippen LogP contribution >= 0.6 is 0 Å². The molecule has 111 heavy (non-hydrogen) atoms. The SMILES string of the molecule is CCCCCCCCCCC[C@H](CC(=O)NC1C(NC(=O)C[C@@H](CCCCCCCCCCC)OC(=O)CCCCCCCc2ccccc2)[C@H](OS(=O)(=O)O)C(CO)O[C@H]1OCCNC(=O)C[C@@H](CCCCCCCCCC)OC(=O)CCCCCCCc1ccccc1)OC(=O)CCCCCCCc1ccccc1. The third kappa shape index (κ3) is 50.9. The maximum absolute atomic E-state index is 14.9. The van der Waals surface area contributed by atoms with Crippen LogP contribution in [0.1, 0.15) is 359 Å². The van der Waals surface area contributed by atoms with E-state index in [1.165, 1.54) is 74.5 Å². The van der Waals surface area contributed by atoms with Gasteiger partial charge in [0.15, 0.2) is 6.29 Å². The third-order valence-electron chi connectivity index (χ3n) is 21.3. The van der Waals surface area contributed by atoms with Crippen molar-refractivity contribution in [3.05, 3.63) is 108 Å². The summed E-state index contributed by atoms with van der Waals surface area (Å²) in [5.74, 6) is -3.01. The lowest BCUT2D eigenvalue weighted by atomic mass is 9.93. The fourth-order valence-corrected chi connectivity index (χ4v) is 15.4. The van der Waals surface area contributed by atoms with E-state index in [-0.39, 0.29) is 57.6 Å². The highest BCUT2D eigenvalue weighted by Gasteiger charge is 2.50. The van der Waals surface area contributed by atoms with E-state index < -0.39 is 95.6 Å². The van der Waals surface area contributed by atoms with E-state index in [4.69, 9.17) is 27.9 Å².